The van der Waals surface area contributed by atoms with Crippen LogP contribution in [0, 0.1) is 24.6 Å². The van der Waals surface area contributed by atoms with Crippen molar-refractivity contribution < 1.29 is 4.39 Å². The van der Waals surface area contributed by atoms with Crippen molar-refractivity contribution in [2.45, 2.75) is 58.8 Å². The van der Waals surface area contributed by atoms with Gasteiger partial charge >= 0.3 is 0 Å². The maximum Gasteiger partial charge on any atom is 0.123 e. The summed E-state index contributed by atoms with van der Waals surface area (Å²) in [6.45, 7) is 13.3. The van der Waals surface area contributed by atoms with E-state index in [9.17, 15) is 4.39 Å². The Bertz CT molecular complexity index is 794. The van der Waals surface area contributed by atoms with E-state index >= 15 is 0 Å². The number of aryl methyl sites for hydroxylation is 2. The quantitative estimate of drug-likeness (QED) is 0.499. The Morgan fingerprint density at radius 1 is 1.12 bits per heavy atom. The molecular formula is C25H31F. The van der Waals surface area contributed by atoms with Crippen LogP contribution in [0.5, 0.6) is 0 Å². The van der Waals surface area contributed by atoms with E-state index in [2.05, 4.69) is 51.6 Å². The molecule has 0 radical (unpaired) electrons. The van der Waals surface area contributed by atoms with Crippen LogP contribution in [-0.2, 0) is 11.8 Å². The van der Waals surface area contributed by atoms with Crippen LogP contribution in [0.25, 0.3) is 5.57 Å². The predicted octanol–water partition coefficient (Wildman–Crippen LogP) is 7.10. The summed E-state index contributed by atoms with van der Waals surface area (Å²) >= 11 is 0. The molecule has 0 N–H and O–H groups in total. The molecule has 2 aromatic carbocycles. The Balaban J connectivity index is 1.69. The molecule has 0 saturated heterocycles. The number of hydrogen-bond donors (Lipinski definition) is 0. The van der Waals surface area contributed by atoms with Gasteiger partial charge in [-0.05, 0) is 84.4 Å². The second kappa shape index (κ2) is 7.39. The molecule has 138 valence electrons. The van der Waals surface area contributed by atoms with Crippen LogP contribution in [0.1, 0.15) is 62.3 Å². The summed E-state index contributed by atoms with van der Waals surface area (Å²) in [5.74, 6) is 1.36. The second-order valence-corrected chi connectivity index (χ2v) is 8.04. The molecule has 2 aromatic rings. The lowest BCUT2D eigenvalue weighted by Gasteiger charge is -2.20. The molecule has 0 aliphatic heterocycles. The second-order valence-electron chi connectivity index (χ2n) is 8.04. The summed E-state index contributed by atoms with van der Waals surface area (Å²) < 4.78 is 13.3. The smallest absolute Gasteiger partial charge is 0.123 e. The molecule has 0 aromatic heterocycles. The van der Waals surface area contributed by atoms with Crippen LogP contribution in [0.2, 0.25) is 0 Å². The number of benzene rings is 2. The van der Waals surface area contributed by atoms with E-state index in [0.29, 0.717) is 5.41 Å². The van der Waals surface area contributed by atoms with Crippen LogP contribution in [0.15, 0.2) is 49.0 Å². The zero-order valence-electron chi connectivity index (χ0n) is 16.6. The molecule has 0 amide bonds. The highest BCUT2D eigenvalue weighted by atomic mass is 19.1. The van der Waals surface area contributed by atoms with Gasteiger partial charge < -0.3 is 0 Å². The van der Waals surface area contributed by atoms with Gasteiger partial charge in [-0.15, -0.1) is 0 Å². The van der Waals surface area contributed by atoms with Crippen LogP contribution in [0.3, 0.4) is 0 Å². The van der Waals surface area contributed by atoms with Crippen molar-refractivity contribution in [2.24, 2.45) is 11.8 Å². The van der Waals surface area contributed by atoms with Crippen LogP contribution < -0.4 is 0 Å². The average Bonchev–Trinajstić information content (AvgIpc) is 3.16. The molecule has 0 bridgehead atoms. The monoisotopic (exact) mass is 350 g/mol. The van der Waals surface area contributed by atoms with E-state index in [1.165, 1.54) is 18.1 Å². The van der Waals surface area contributed by atoms with Gasteiger partial charge in [0.15, 0.2) is 0 Å². The third-order valence-electron chi connectivity index (χ3n) is 6.86. The van der Waals surface area contributed by atoms with E-state index < -0.39 is 0 Å². The van der Waals surface area contributed by atoms with Gasteiger partial charge in [0.1, 0.15) is 5.82 Å². The fourth-order valence-electron chi connectivity index (χ4n) is 5.03. The normalized spacial score (nSPS) is 24.5. The Morgan fingerprint density at radius 3 is 2.42 bits per heavy atom. The lowest BCUT2D eigenvalue weighted by Crippen LogP contribution is -2.13. The van der Waals surface area contributed by atoms with Crippen LogP contribution >= 0.6 is 0 Å². The van der Waals surface area contributed by atoms with Gasteiger partial charge in [-0.25, -0.2) is 4.39 Å². The van der Waals surface area contributed by atoms with E-state index in [4.69, 9.17) is 0 Å². The summed E-state index contributed by atoms with van der Waals surface area (Å²) in [4.78, 5) is 0. The van der Waals surface area contributed by atoms with Crippen molar-refractivity contribution in [3.05, 3.63) is 77.1 Å². The molecule has 0 spiro atoms. The first kappa shape index (κ1) is 18.9. The van der Waals surface area contributed by atoms with Gasteiger partial charge in [-0.3, -0.25) is 0 Å². The van der Waals surface area contributed by atoms with E-state index in [1.54, 1.807) is 11.6 Å². The Labute approximate surface area is 158 Å². The van der Waals surface area contributed by atoms with Crippen molar-refractivity contribution in [3.8, 4) is 0 Å². The maximum atomic E-state index is 13.3. The average molecular weight is 351 g/mol. The molecule has 1 heteroatoms. The summed E-state index contributed by atoms with van der Waals surface area (Å²) in [6.07, 6.45) is 4.32. The molecule has 26 heavy (non-hydrogen) atoms. The van der Waals surface area contributed by atoms with E-state index in [0.717, 1.165) is 47.8 Å². The highest BCUT2D eigenvalue weighted by Gasteiger charge is 2.58. The third-order valence-corrected chi connectivity index (χ3v) is 6.86. The molecule has 1 aliphatic carbocycles. The number of allylic oxidation sites excluding steroid dienone is 1. The number of rotatable bonds is 7. The zero-order chi connectivity index (χ0) is 18.9. The van der Waals surface area contributed by atoms with Crippen molar-refractivity contribution >= 4 is 5.57 Å². The maximum absolute atomic E-state index is 13.3. The fraction of sp³-hybridized carbons (Fsp3) is 0.440. The van der Waals surface area contributed by atoms with E-state index in [1.807, 2.05) is 13.0 Å². The van der Waals surface area contributed by atoms with Gasteiger partial charge in [-0.2, -0.15) is 0 Å². The van der Waals surface area contributed by atoms with Crippen LogP contribution in [-0.4, -0.2) is 0 Å². The fourth-order valence-corrected chi connectivity index (χ4v) is 5.03. The zero-order valence-corrected chi connectivity index (χ0v) is 16.6. The molecule has 1 fully saturated rings. The van der Waals surface area contributed by atoms with E-state index in [-0.39, 0.29) is 5.82 Å². The first-order chi connectivity index (χ1) is 12.4. The summed E-state index contributed by atoms with van der Waals surface area (Å²) in [6, 6.07) is 14.0. The Hall–Kier alpha value is -1.89. The van der Waals surface area contributed by atoms with Gasteiger partial charge in [0.25, 0.3) is 0 Å². The van der Waals surface area contributed by atoms with Crippen molar-refractivity contribution in [1.29, 1.82) is 0 Å². The minimum atomic E-state index is -0.175. The molecule has 2 unspecified atom stereocenters. The first-order valence-corrected chi connectivity index (χ1v) is 9.94. The Kier molecular flexibility index (Phi) is 5.37. The van der Waals surface area contributed by atoms with Gasteiger partial charge in [-0.1, -0.05) is 57.7 Å². The van der Waals surface area contributed by atoms with Crippen LogP contribution in [0.4, 0.5) is 4.39 Å². The minimum Gasteiger partial charge on any atom is -0.207 e. The molecule has 1 aliphatic rings. The molecule has 0 heterocycles. The van der Waals surface area contributed by atoms with Crippen molar-refractivity contribution in [3.63, 3.8) is 0 Å². The topological polar surface area (TPSA) is 0 Å². The lowest BCUT2D eigenvalue weighted by atomic mass is 9.84. The predicted molar refractivity (Wildman–Crippen MR) is 110 cm³/mol. The standard InChI is InChI=1S/C25H31F/c1-6-25(19(4)20(25)5)24-13-8-7-11-21(24)12-9-10-17(2)23-15-14-22(26)16-18(23)3/h7-8,11,13-16,19-20H,2,6,9-10,12H2,1,3-5H3. The molecule has 2 atom stereocenters. The van der Waals surface area contributed by atoms with Gasteiger partial charge in [0, 0.05) is 5.41 Å². The minimum absolute atomic E-state index is 0.175. The van der Waals surface area contributed by atoms with Crippen molar-refractivity contribution in [1.82, 2.24) is 0 Å². The molecule has 0 nitrogen and oxygen atoms in total. The van der Waals surface area contributed by atoms with Gasteiger partial charge in [0.2, 0.25) is 0 Å². The summed E-state index contributed by atoms with van der Waals surface area (Å²) in [5.41, 5.74) is 6.61. The third kappa shape index (κ3) is 3.24. The summed E-state index contributed by atoms with van der Waals surface area (Å²) in [7, 11) is 0. The summed E-state index contributed by atoms with van der Waals surface area (Å²) in [5, 5.41) is 0. The number of halogens is 1. The SMILES string of the molecule is C=C(CCCc1ccccc1C1(CC)C(C)C1C)c1ccc(F)cc1C. The number of hydrogen-bond acceptors (Lipinski definition) is 0. The highest BCUT2D eigenvalue weighted by molar-refractivity contribution is 5.66. The first-order valence-electron chi connectivity index (χ1n) is 9.94. The molecule has 3 rings (SSSR count). The lowest BCUT2D eigenvalue weighted by molar-refractivity contribution is 0.576. The van der Waals surface area contributed by atoms with Crippen molar-refractivity contribution in [2.75, 3.05) is 0 Å². The van der Waals surface area contributed by atoms with Gasteiger partial charge in [0.05, 0.1) is 0 Å². The highest BCUT2D eigenvalue weighted by Crippen LogP contribution is 2.62. The Morgan fingerprint density at radius 2 is 1.81 bits per heavy atom. The molecular weight excluding hydrogens is 319 g/mol. The largest absolute Gasteiger partial charge is 0.207 e. The molecule has 1 saturated carbocycles.